The minimum absolute atomic E-state index is 0.0152. The van der Waals surface area contributed by atoms with Gasteiger partial charge >= 0.3 is 6.09 Å². The SMILES string of the molecule is C[C@@H](N[S+]([O-])C(C)(C)C)c1cccc(C(F)(F)C2CC3CCC(C2)N3C(=O)O)c1F. The molecule has 4 atom stereocenters. The number of carboxylic acid groups (broad SMARTS) is 1. The van der Waals surface area contributed by atoms with Crippen LogP contribution in [-0.2, 0) is 17.3 Å². The van der Waals surface area contributed by atoms with Crippen LogP contribution in [0.3, 0.4) is 0 Å². The summed E-state index contributed by atoms with van der Waals surface area (Å²) in [6, 6.07) is 2.30. The molecule has 0 saturated carbocycles. The van der Waals surface area contributed by atoms with Crippen molar-refractivity contribution in [2.24, 2.45) is 5.92 Å². The zero-order valence-electron chi connectivity index (χ0n) is 17.6. The van der Waals surface area contributed by atoms with Gasteiger partial charge in [0.1, 0.15) is 10.6 Å². The number of nitrogens with one attached hydrogen (secondary N) is 1. The molecule has 0 aromatic heterocycles. The molecule has 0 radical (unpaired) electrons. The summed E-state index contributed by atoms with van der Waals surface area (Å²) < 4.78 is 60.6. The van der Waals surface area contributed by atoms with Crippen molar-refractivity contribution in [2.45, 2.75) is 82.2 Å². The molecule has 3 rings (SSSR count). The van der Waals surface area contributed by atoms with Crippen molar-refractivity contribution < 1.29 is 27.6 Å². The molecule has 2 fully saturated rings. The molecule has 9 heteroatoms. The van der Waals surface area contributed by atoms with Crippen LogP contribution in [0.15, 0.2) is 18.2 Å². The van der Waals surface area contributed by atoms with E-state index in [1.165, 1.54) is 17.0 Å². The first-order valence-electron chi connectivity index (χ1n) is 10.2. The lowest BCUT2D eigenvalue weighted by Gasteiger charge is -2.40. The van der Waals surface area contributed by atoms with Crippen molar-refractivity contribution in [3.8, 4) is 0 Å². The number of rotatable bonds is 5. The number of amides is 1. The van der Waals surface area contributed by atoms with E-state index in [0.29, 0.717) is 12.8 Å². The van der Waals surface area contributed by atoms with Gasteiger partial charge in [-0.25, -0.2) is 18.0 Å². The number of hydrogen-bond donors (Lipinski definition) is 2. The predicted molar refractivity (Wildman–Crippen MR) is 109 cm³/mol. The maximum Gasteiger partial charge on any atom is 0.407 e. The number of alkyl halides is 2. The lowest BCUT2D eigenvalue weighted by Crippen LogP contribution is -2.49. The molecule has 2 saturated heterocycles. The molecule has 1 aromatic rings. The van der Waals surface area contributed by atoms with Crippen molar-refractivity contribution in [3.63, 3.8) is 0 Å². The third kappa shape index (κ3) is 4.29. The van der Waals surface area contributed by atoms with Gasteiger partial charge in [-0.1, -0.05) is 18.2 Å². The molecule has 30 heavy (non-hydrogen) atoms. The highest BCUT2D eigenvalue weighted by Gasteiger charge is 2.53. The second kappa shape index (κ2) is 8.24. The Morgan fingerprint density at radius 3 is 2.33 bits per heavy atom. The molecular formula is C21H29F3N2O3S. The average Bonchev–Trinajstić information content (AvgIpc) is 2.91. The van der Waals surface area contributed by atoms with Crippen LogP contribution in [0.5, 0.6) is 0 Å². The van der Waals surface area contributed by atoms with Crippen LogP contribution in [0.4, 0.5) is 18.0 Å². The van der Waals surface area contributed by atoms with Crippen LogP contribution in [0.2, 0.25) is 0 Å². The molecule has 5 nitrogen and oxygen atoms in total. The maximum atomic E-state index is 15.4. The van der Waals surface area contributed by atoms with Crippen LogP contribution < -0.4 is 4.72 Å². The minimum Gasteiger partial charge on any atom is -0.598 e. The second-order valence-electron chi connectivity index (χ2n) is 9.30. The summed E-state index contributed by atoms with van der Waals surface area (Å²) in [5.74, 6) is -5.54. The normalized spacial score (nSPS) is 26.5. The number of carbonyl (C=O) groups is 1. The number of halogens is 3. The highest BCUT2D eigenvalue weighted by Crippen LogP contribution is 2.49. The fourth-order valence-electron chi connectivity index (χ4n) is 4.55. The molecule has 0 spiro atoms. The Labute approximate surface area is 178 Å². The lowest BCUT2D eigenvalue weighted by atomic mass is 9.82. The van der Waals surface area contributed by atoms with Gasteiger partial charge in [0.2, 0.25) is 0 Å². The van der Waals surface area contributed by atoms with Crippen molar-refractivity contribution in [2.75, 3.05) is 0 Å². The van der Waals surface area contributed by atoms with Gasteiger partial charge in [-0.3, -0.25) is 0 Å². The van der Waals surface area contributed by atoms with Gasteiger partial charge in [-0.2, -0.15) is 0 Å². The highest BCUT2D eigenvalue weighted by molar-refractivity contribution is 7.90. The van der Waals surface area contributed by atoms with E-state index in [4.69, 9.17) is 0 Å². The van der Waals surface area contributed by atoms with Crippen molar-refractivity contribution in [1.29, 1.82) is 0 Å². The fourth-order valence-corrected chi connectivity index (χ4v) is 5.35. The molecule has 2 heterocycles. The highest BCUT2D eigenvalue weighted by atomic mass is 32.2. The monoisotopic (exact) mass is 446 g/mol. The summed E-state index contributed by atoms with van der Waals surface area (Å²) in [5.41, 5.74) is -0.640. The summed E-state index contributed by atoms with van der Waals surface area (Å²) in [4.78, 5) is 12.7. The van der Waals surface area contributed by atoms with Crippen molar-refractivity contribution >= 4 is 17.5 Å². The summed E-state index contributed by atoms with van der Waals surface area (Å²) in [6.07, 6.45) is 0.0732. The molecule has 0 aliphatic carbocycles. The van der Waals surface area contributed by atoms with Crippen molar-refractivity contribution in [3.05, 3.63) is 35.1 Å². The Kier molecular flexibility index (Phi) is 6.38. The number of hydrogen-bond acceptors (Lipinski definition) is 3. The van der Waals surface area contributed by atoms with E-state index in [-0.39, 0.29) is 18.4 Å². The summed E-state index contributed by atoms with van der Waals surface area (Å²) >= 11 is -1.48. The first-order valence-corrected chi connectivity index (χ1v) is 11.3. The Morgan fingerprint density at radius 1 is 1.27 bits per heavy atom. The first-order chi connectivity index (χ1) is 13.8. The number of benzene rings is 1. The topological polar surface area (TPSA) is 75.6 Å². The maximum absolute atomic E-state index is 15.4. The van der Waals surface area contributed by atoms with E-state index in [0.717, 1.165) is 6.07 Å². The zero-order chi connectivity index (χ0) is 22.4. The third-order valence-corrected chi connectivity index (χ3v) is 7.84. The number of piperidine rings is 1. The van der Waals surface area contributed by atoms with Gasteiger partial charge in [0, 0.05) is 34.9 Å². The minimum atomic E-state index is -3.42. The summed E-state index contributed by atoms with van der Waals surface area (Å²) in [6.45, 7) is 6.89. The van der Waals surface area contributed by atoms with Crippen LogP contribution in [0.1, 0.15) is 70.5 Å². The Morgan fingerprint density at radius 2 is 1.83 bits per heavy atom. The van der Waals surface area contributed by atoms with Gasteiger partial charge in [-0.05, 0) is 53.4 Å². The summed E-state index contributed by atoms with van der Waals surface area (Å²) in [5, 5.41) is 9.34. The van der Waals surface area contributed by atoms with Gasteiger partial charge in [-0.15, -0.1) is 4.72 Å². The average molecular weight is 447 g/mol. The van der Waals surface area contributed by atoms with Crippen LogP contribution in [0.25, 0.3) is 0 Å². The lowest BCUT2D eigenvalue weighted by molar-refractivity contribution is -0.0969. The molecule has 3 unspecified atom stereocenters. The Bertz CT molecular complexity index is 788. The van der Waals surface area contributed by atoms with E-state index < -0.39 is 63.5 Å². The smallest absolute Gasteiger partial charge is 0.407 e. The van der Waals surface area contributed by atoms with Gasteiger partial charge in [0.25, 0.3) is 5.92 Å². The molecule has 2 aliphatic heterocycles. The van der Waals surface area contributed by atoms with Crippen LogP contribution in [-0.4, -0.2) is 37.5 Å². The van der Waals surface area contributed by atoms with Crippen LogP contribution in [0, 0.1) is 11.7 Å². The van der Waals surface area contributed by atoms with Crippen molar-refractivity contribution in [1.82, 2.24) is 9.62 Å². The summed E-state index contributed by atoms with van der Waals surface area (Å²) in [7, 11) is 0. The van der Waals surface area contributed by atoms with E-state index in [9.17, 15) is 14.5 Å². The van der Waals surface area contributed by atoms with E-state index in [1.54, 1.807) is 27.7 Å². The molecule has 1 aromatic carbocycles. The number of fused-ring (bicyclic) bond motifs is 2. The largest absolute Gasteiger partial charge is 0.598 e. The van der Waals surface area contributed by atoms with Gasteiger partial charge in [0.05, 0.1) is 11.6 Å². The fraction of sp³-hybridized carbons (Fsp3) is 0.667. The molecule has 2 bridgehead atoms. The molecule has 2 N–H and O–H groups in total. The molecule has 168 valence electrons. The molecule has 1 amide bonds. The predicted octanol–water partition coefficient (Wildman–Crippen LogP) is 4.95. The zero-order valence-corrected chi connectivity index (χ0v) is 18.4. The van der Waals surface area contributed by atoms with E-state index in [2.05, 4.69) is 4.72 Å². The third-order valence-electron chi connectivity index (χ3n) is 6.16. The van der Waals surface area contributed by atoms with E-state index in [1.807, 2.05) is 0 Å². The van der Waals surface area contributed by atoms with Gasteiger partial charge in [0.15, 0.2) is 0 Å². The Hall–Kier alpha value is -1.45. The number of nitrogens with zero attached hydrogens (tertiary/aromatic N) is 1. The van der Waals surface area contributed by atoms with E-state index >= 15 is 13.2 Å². The van der Waals surface area contributed by atoms with Crippen LogP contribution >= 0.6 is 0 Å². The Balaban J connectivity index is 1.84. The first kappa shape index (κ1) is 23.2. The second-order valence-corrected chi connectivity index (χ2v) is 11.3. The molecular weight excluding hydrogens is 417 g/mol. The quantitative estimate of drug-likeness (QED) is 0.628. The van der Waals surface area contributed by atoms with Gasteiger partial charge < -0.3 is 14.6 Å². The molecule has 2 aliphatic rings. The standard InChI is InChI=1S/C21H29F3N2O3S/c1-12(25-30(29)20(2,3)4)16-6-5-7-17(18(16)22)21(23,24)13-10-14-8-9-15(11-13)26(14)19(27)28/h5-7,12-15,25H,8-11H2,1-4H3,(H,27,28)/t12-,13?,14?,15?,30?/m1/s1.